The molecule has 1 saturated carbocycles. The van der Waals surface area contributed by atoms with Crippen LogP contribution in [-0.4, -0.2) is 26.0 Å². The van der Waals surface area contributed by atoms with E-state index in [0.717, 1.165) is 12.8 Å². The van der Waals surface area contributed by atoms with Crippen molar-refractivity contribution in [2.45, 2.75) is 44.3 Å². The smallest absolute Gasteiger partial charge is 0.154 e. The van der Waals surface area contributed by atoms with Gasteiger partial charge in [-0.05, 0) is 18.8 Å². The summed E-state index contributed by atoms with van der Waals surface area (Å²) in [6.45, 7) is 2.00. The maximum atomic E-state index is 11.7. The summed E-state index contributed by atoms with van der Waals surface area (Å²) in [6.07, 6.45) is 5.67. The fourth-order valence-corrected chi connectivity index (χ4v) is 3.93. The molecule has 0 saturated heterocycles. The van der Waals surface area contributed by atoms with E-state index in [-0.39, 0.29) is 11.0 Å². The van der Waals surface area contributed by atoms with Gasteiger partial charge in [-0.2, -0.15) is 0 Å². The third-order valence-electron chi connectivity index (χ3n) is 3.27. The van der Waals surface area contributed by atoms with Crippen molar-refractivity contribution in [3.8, 4) is 0 Å². The van der Waals surface area contributed by atoms with Crippen molar-refractivity contribution in [2.75, 3.05) is 12.3 Å². The second-order valence-electron chi connectivity index (χ2n) is 4.12. The highest BCUT2D eigenvalue weighted by Crippen LogP contribution is 2.29. The van der Waals surface area contributed by atoms with Crippen molar-refractivity contribution in [2.24, 2.45) is 11.7 Å². The minimum Gasteiger partial charge on any atom is -0.329 e. The zero-order valence-corrected chi connectivity index (χ0v) is 9.72. The summed E-state index contributed by atoms with van der Waals surface area (Å²) < 4.78 is 23.5. The molecule has 0 spiro atoms. The summed E-state index contributed by atoms with van der Waals surface area (Å²) in [5.74, 6) is 0.546. The standard InChI is InChI=1S/C10H21NO2S/c1-2-14(12,13)10(8-11)9-6-4-3-5-7-9/h9-10H,2-8,11H2,1H3. The predicted octanol–water partition coefficient (Wildman–Crippen LogP) is 1.33. The highest BCUT2D eigenvalue weighted by atomic mass is 32.2. The molecule has 1 aliphatic carbocycles. The second-order valence-corrected chi connectivity index (χ2v) is 6.63. The van der Waals surface area contributed by atoms with E-state index in [0.29, 0.717) is 12.5 Å². The summed E-state index contributed by atoms with van der Waals surface area (Å²) in [7, 11) is -2.93. The molecule has 0 aromatic heterocycles. The van der Waals surface area contributed by atoms with E-state index in [2.05, 4.69) is 0 Å². The van der Waals surface area contributed by atoms with Gasteiger partial charge in [0.25, 0.3) is 0 Å². The van der Waals surface area contributed by atoms with E-state index >= 15 is 0 Å². The van der Waals surface area contributed by atoms with Gasteiger partial charge in [0, 0.05) is 12.3 Å². The Hall–Kier alpha value is -0.0900. The maximum absolute atomic E-state index is 11.7. The topological polar surface area (TPSA) is 60.2 Å². The molecule has 1 aliphatic rings. The average molecular weight is 219 g/mol. The molecule has 1 rings (SSSR count). The minimum absolute atomic E-state index is 0.228. The highest BCUT2D eigenvalue weighted by molar-refractivity contribution is 7.92. The molecule has 1 unspecified atom stereocenters. The number of sulfone groups is 1. The first kappa shape index (κ1) is 12.0. The Balaban J connectivity index is 2.70. The fourth-order valence-electron chi connectivity index (χ4n) is 2.35. The van der Waals surface area contributed by atoms with Crippen LogP contribution in [0.3, 0.4) is 0 Å². The molecule has 2 N–H and O–H groups in total. The molecule has 84 valence electrons. The van der Waals surface area contributed by atoms with Crippen molar-refractivity contribution in [3.63, 3.8) is 0 Å². The van der Waals surface area contributed by atoms with Gasteiger partial charge in [0.1, 0.15) is 0 Å². The maximum Gasteiger partial charge on any atom is 0.154 e. The van der Waals surface area contributed by atoms with Crippen LogP contribution in [0.15, 0.2) is 0 Å². The Morgan fingerprint density at radius 3 is 2.29 bits per heavy atom. The van der Waals surface area contributed by atoms with Gasteiger partial charge in [-0.15, -0.1) is 0 Å². The Kier molecular flexibility index (Phi) is 4.38. The van der Waals surface area contributed by atoms with Gasteiger partial charge in [0.2, 0.25) is 0 Å². The van der Waals surface area contributed by atoms with Gasteiger partial charge in [0.05, 0.1) is 5.25 Å². The quantitative estimate of drug-likeness (QED) is 0.776. The third-order valence-corrected chi connectivity index (χ3v) is 5.58. The Morgan fingerprint density at radius 2 is 1.86 bits per heavy atom. The van der Waals surface area contributed by atoms with Crippen molar-refractivity contribution in [1.29, 1.82) is 0 Å². The molecular weight excluding hydrogens is 198 g/mol. The molecule has 1 fully saturated rings. The number of rotatable bonds is 4. The molecule has 0 aromatic rings. The second kappa shape index (κ2) is 5.12. The Bertz CT molecular complexity index is 255. The van der Waals surface area contributed by atoms with Crippen LogP contribution in [0.2, 0.25) is 0 Å². The van der Waals surface area contributed by atoms with Crippen LogP contribution in [0.5, 0.6) is 0 Å². The van der Waals surface area contributed by atoms with Crippen molar-refractivity contribution in [1.82, 2.24) is 0 Å². The Labute approximate surface area is 87.0 Å². The molecule has 1 atom stereocenters. The molecule has 4 heteroatoms. The average Bonchev–Trinajstić information content (AvgIpc) is 2.20. The summed E-state index contributed by atoms with van der Waals surface area (Å²) in [5, 5.41) is -0.284. The van der Waals surface area contributed by atoms with Crippen molar-refractivity contribution < 1.29 is 8.42 Å². The van der Waals surface area contributed by atoms with E-state index in [1.165, 1.54) is 19.3 Å². The van der Waals surface area contributed by atoms with Gasteiger partial charge in [-0.25, -0.2) is 8.42 Å². The lowest BCUT2D eigenvalue weighted by atomic mass is 9.87. The molecule has 0 aromatic carbocycles. The van der Waals surface area contributed by atoms with Crippen LogP contribution in [0, 0.1) is 5.92 Å². The molecule has 0 amide bonds. The summed E-state index contributed by atoms with van der Waals surface area (Å²) in [4.78, 5) is 0. The first-order valence-corrected chi connectivity index (χ1v) is 7.25. The van der Waals surface area contributed by atoms with Gasteiger partial charge in [0.15, 0.2) is 9.84 Å². The SMILES string of the molecule is CCS(=O)(=O)C(CN)C1CCCCC1. The third kappa shape index (κ3) is 2.70. The van der Waals surface area contributed by atoms with Crippen molar-refractivity contribution >= 4 is 9.84 Å². The lowest BCUT2D eigenvalue weighted by Crippen LogP contribution is -2.38. The van der Waals surface area contributed by atoms with Gasteiger partial charge in [-0.1, -0.05) is 26.2 Å². The fraction of sp³-hybridized carbons (Fsp3) is 1.00. The molecule has 0 heterocycles. The predicted molar refractivity (Wildman–Crippen MR) is 58.9 cm³/mol. The van der Waals surface area contributed by atoms with Crippen molar-refractivity contribution in [3.05, 3.63) is 0 Å². The van der Waals surface area contributed by atoms with E-state index < -0.39 is 9.84 Å². The number of hydrogen-bond acceptors (Lipinski definition) is 3. The molecule has 0 bridgehead atoms. The lowest BCUT2D eigenvalue weighted by Gasteiger charge is -2.28. The first-order valence-electron chi connectivity index (χ1n) is 5.53. The molecule has 3 nitrogen and oxygen atoms in total. The van der Waals surface area contributed by atoms with Gasteiger partial charge >= 0.3 is 0 Å². The summed E-state index contributed by atoms with van der Waals surface area (Å²) in [5.41, 5.74) is 5.59. The van der Waals surface area contributed by atoms with E-state index in [1.807, 2.05) is 0 Å². The van der Waals surface area contributed by atoms with Crippen LogP contribution >= 0.6 is 0 Å². The highest BCUT2D eigenvalue weighted by Gasteiger charge is 2.31. The first-order chi connectivity index (χ1) is 6.61. The molecular formula is C10H21NO2S. The van der Waals surface area contributed by atoms with E-state index in [4.69, 9.17) is 5.73 Å². The van der Waals surface area contributed by atoms with Crippen LogP contribution < -0.4 is 5.73 Å². The minimum atomic E-state index is -2.93. The molecule has 0 aliphatic heterocycles. The van der Waals surface area contributed by atoms with Gasteiger partial charge in [-0.3, -0.25) is 0 Å². The lowest BCUT2D eigenvalue weighted by molar-refractivity contribution is 0.342. The largest absolute Gasteiger partial charge is 0.329 e. The number of hydrogen-bond donors (Lipinski definition) is 1. The molecule has 0 radical (unpaired) electrons. The van der Waals surface area contributed by atoms with Crippen LogP contribution in [0.4, 0.5) is 0 Å². The summed E-state index contributed by atoms with van der Waals surface area (Å²) >= 11 is 0. The van der Waals surface area contributed by atoms with Gasteiger partial charge < -0.3 is 5.73 Å². The van der Waals surface area contributed by atoms with Crippen LogP contribution in [-0.2, 0) is 9.84 Å². The number of nitrogens with two attached hydrogens (primary N) is 1. The van der Waals surface area contributed by atoms with E-state index in [1.54, 1.807) is 6.92 Å². The normalized spacial score (nSPS) is 22.1. The zero-order chi connectivity index (χ0) is 10.6. The zero-order valence-electron chi connectivity index (χ0n) is 8.91. The van der Waals surface area contributed by atoms with Crippen LogP contribution in [0.25, 0.3) is 0 Å². The van der Waals surface area contributed by atoms with E-state index in [9.17, 15) is 8.42 Å². The molecule has 14 heavy (non-hydrogen) atoms. The van der Waals surface area contributed by atoms with Crippen LogP contribution in [0.1, 0.15) is 39.0 Å². The Morgan fingerprint density at radius 1 is 1.29 bits per heavy atom. The summed E-state index contributed by atoms with van der Waals surface area (Å²) in [6, 6.07) is 0. The monoisotopic (exact) mass is 219 g/mol.